The van der Waals surface area contributed by atoms with Crippen LogP contribution in [0.5, 0.6) is 0 Å². The van der Waals surface area contributed by atoms with E-state index in [4.69, 9.17) is 9.97 Å². The number of para-hydroxylation sites is 2. The summed E-state index contributed by atoms with van der Waals surface area (Å²) in [5, 5.41) is 10.7. The maximum Gasteiger partial charge on any atom is 0.235 e. The second kappa shape index (κ2) is 12.0. The average molecular weight is 713 g/mol. The van der Waals surface area contributed by atoms with Crippen molar-refractivity contribution >= 4 is 76.1 Å². The van der Waals surface area contributed by atoms with Crippen molar-refractivity contribution in [1.82, 2.24) is 19.1 Å². The molecule has 12 rings (SSSR count). The van der Waals surface area contributed by atoms with Gasteiger partial charge in [-0.2, -0.15) is 0 Å². The number of hydrogen-bond donors (Lipinski definition) is 0. The maximum absolute atomic E-state index is 5.43. The molecule has 0 aliphatic rings. The molecule has 0 atom stereocenters. The molecule has 3 aromatic heterocycles. The Kier molecular flexibility index (Phi) is 6.60. The second-order valence-electron chi connectivity index (χ2n) is 14.6. The number of hydrogen-bond acceptors (Lipinski definition) is 2. The van der Waals surface area contributed by atoms with Crippen molar-refractivity contribution in [1.29, 1.82) is 0 Å². The molecule has 0 amide bonds. The third kappa shape index (κ3) is 4.53. The molecule has 3 heterocycles. The van der Waals surface area contributed by atoms with Gasteiger partial charge in [-0.3, -0.25) is 4.57 Å². The molecular weight excluding hydrogens is 681 g/mol. The normalized spacial score (nSPS) is 11.9. The first-order valence-electron chi connectivity index (χ1n) is 19.1. The zero-order valence-corrected chi connectivity index (χ0v) is 30.3. The van der Waals surface area contributed by atoms with Crippen molar-refractivity contribution in [2.45, 2.75) is 0 Å². The lowest BCUT2D eigenvalue weighted by molar-refractivity contribution is 1.01. The van der Waals surface area contributed by atoms with E-state index in [0.29, 0.717) is 5.95 Å². The first-order valence-corrected chi connectivity index (χ1v) is 19.1. The van der Waals surface area contributed by atoms with Crippen LogP contribution in [0.2, 0.25) is 0 Å². The van der Waals surface area contributed by atoms with Crippen LogP contribution in [-0.2, 0) is 0 Å². The predicted octanol–water partition coefficient (Wildman–Crippen LogP) is 13.5. The summed E-state index contributed by atoms with van der Waals surface area (Å²) in [4.78, 5) is 10.7. The summed E-state index contributed by atoms with van der Waals surface area (Å²) in [7, 11) is 0. The third-order valence-corrected chi connectivity index (χ3v) is 11.5. The predicted molar refractivity (Wildman–Crippen MR) is 234 cm³/mol. The van der Waals surface area contributed by atoms with Gasteiger partial charge in [0.2, 0.25) is 5.95 Å². The summed E-state index contributed by atoms with van der Waals surface area (Å²) < 4.78 is 4.71. The van der Waals surface area contributed by atoms with Crippen LogP contribution in [0.15, 0.2) is 194 Å². The largest absolute Gasteiger partial charge is 0.309 e. The summed E-state index contributed by atoms with van der Waals surface area (Å²) in [5.41, 5.74) is 10.9. The van der Waals surface area contributed by atoms with Gasteiger partial charge in [0.15, 0.2) is 0 Å². The average Bonchev–Trinajstić information content (AvgIpc) is 3.79. The van der Waals surface area contributed by atoms with Gasteiger partial charge in [-0.25, -0.2) is 9.97 Å². The quantitative estimate of drug-likeness (QED) is 0.182. The van der Waals surface area contributed by atoms with Crippen molar-refractivity contribution in [2.75, 3.05) is 0 Å². The molecule has 4 heteroatoms. The number of fused-ring (bicyclic) bond motifs is 11. The number of benzene rings is 9. The molecule has 0 spiro atoms. The summed E-state index contributed by atoms with van der Waals surface area (Å²) in [6, 6.07) is 69.6. The Hall–Kier alpha value is -7.56. The fraction of sp³-hybridized carbons (Fsp3) is 0. The third-order valence-electron chi connectivity index (χ3n) is 11.5. The van der Waals surface area contributed by atoms with Crippen LogP contribution in [-0.4, -0.2) is 19.1 Å². The minimum absolute atomic E-state index is 0.650. The Balaban J connectivity index is 1.14. The lowest BCUT2D eigenvalue weighted by atomic mass is 10.0. The first kappa shape index (κ1) is 30.9. The molecular formula is C52H32N4. The van der Waals surface area contributed by atoms with E-state index in [1.807, 2.05) is 0 Å². The summed E-state index contributed by atoms with van der Waals surface area (Å²) in [6.45, 7) is 0. The molecule has 260 valence electrons. The smallest absolute Gasteiger partial charge is 0.235 e. The molecule has 0 bridgehead atoms. The van der Waals surface area contributed by atoms with E-state index in [1.165, 1.54) is 59.9 Å². The molecule has 0 N–H and O–H groups in total. The van der Waals surface area contributed by atoms with Crippen LogP contribution in [0.4, 0.5) is 0 Å². The van der Waals surface area contributed by atoms with Gasteiger partial charge in [0.1, 0.15) is 0 Å². The Bertz CT molecular complexity index is 3520. The number of aromatic nitrogens is 4. The van der Waals surface area contributed by atoms with Crippen LogP contribution in [0.3, 0.4) is 0 Å². The van der Waals surface area contributed by atoms with Crippen LogP contribution >= 0.6 is 0 Å². The topological polar surface area (TPSA) is 35.6 Å². The van der Waals surface area contributed by atoms with Crippen LogP contribution < -0.4 is 0 Å². The van der Waals surface area contributed by atoms with Gasteiger partial charge in [-0.1, -0.05) is 158 Å². The highest BCUT2D eigenvalue weighted by molar-refractivity contribution is 6.22. The molecule has 12 aromatic rings. The standard InChI is InChI=1S/C52H32N4/c1-2-12-33(13-3-1)34-22-24-37(25-23-34)50-43-19-8-10-20-45(43)53-52(54-50)56-47-31-28-38(32-44(47)49-39-16-6-4-14-35(39)27-30-48(49)56)55-46-21-11-9-18-41(46)42-29-26-36-15-5-7-17-40(36)51(42)55/h1-32H. The van der Waals surface area contributed by atoms with E-state index in [0.717, 1.165) is 44.3 Å². The minimum atomic E-state index is 0.650. The van der Waals surface area contributed by atoms with Crippen molar-refractivity contribution in [2.24, 2.45) is 0 Å². The maximum atomic E-state index is 5.43. The van der Waals surface area contributed by atoms with Gasteiger partial charge >= 0.3 is 0 Å². The SMILES string of the molecule is c1ccc(-c2ccc(-c3nc(-n4c5ccc(-n6c7ccccc7c7ccc8ccccc8c76)cc5c5c6ccccc6ccc54)nc4ccccc34)cc2)cc1. The van der Waals surface area contributed by atoms with E-state index in [2.05, 4.69) is 203 Å². The fourth-order valence-electron chi connectivity index (χ4n) is 8.97. The Labute approximate surface area is 322 Å². The Morgan fingerprint density at radius 2 is 0.946 bits per heavy atom. The van der Waals surface area contributed by atoms with Gasteiger partial charge in [0, 0.05) is 43.6 Å². The molecule has 0 aliphatic heterocycles. The highest BCUT2D eigenvalue weighted by atomic mass is 15.2. The second-order valence-corrected chi connectivity index (χ2v) is 14.6. The first-order chi connectivity index (χ1) is 27.8. The highest BCUT2D eigenvalue weighted by Crippen LogP contribution is 2.41. The molecule has 0 radical (unpaired) electrons. The highest BCUT2D eigenvalue weighted by Gasteiger charge is 2.21. The molecule has 0 saturated carbocycles. The summed E-state index contributed by atoms with van der Waals surface area (Å²) >= 11 is 0. The molecule has 0 unspecified atom stereocenters. The molecule has 0 saturated heterocycles. The van der Waals surface area contributed by atoms with Crippen LogP contribution in [0.1, 0.15) is 0 Å². The van der Waals surface area contributed by atoms with Crippen molar-refractivity contribution < 1.29 is 0 Å². The summed E-state index contributed by atoms with van der Waals surface area (Å²) in [5.74, 6) is 0.650. The minimum Gasteiger partial charge on any atom is -0.309 e. The zero-order chi connectivity index (χ0) is 36.7. The monoisotopic (exact) mass is 712 g/mol. The van der Waals surface area contributed by atoms with Crippen LogP contribution in [0.25, 0.3) is 110 Å². The van der Waals surface area contributed by atoms with Gasteiger partial charge in [-0.15, -0.1) is 0 Å². The van der Waals surface area contributed by atoms with E-state index in [9.17, 15) is 0 Å². The summed E-state index contributed by atoms with van der Waals surface area (Å²) in [6.07, 6.45) is 0. The van der Waals surface area contributed by atoms with Gasteiger partial charge < -0.3 is 4.57 Å². The van der Waals surface area contributed by atoms with E-state index in [-0.39, 0.29) is 0 Å². The lowest BCUT2D eigenvalue weighted by Gasteiger charge is -2.13. The van der Waals surface area contributed by atoms with Crippen molar-refractivity contribution in [3.63, 3.8) is 0 Å². The fourth-order valence-corrected chi connectivity index (χ4v) is 8.97. The molecule has 4 nitrogen and oxygen atoms in total. The molecule has 0 fully saturated rings. The lowest BCUT2D eigenvalue weighted by Crippen LogP contribution is -2.03. The Morgan fingerprint density at radius 3 is 1.79 bits per heavy atom. The van der Waals surface area contributed by atoms with Gasteiger partial charge in [-0.05, 0) is 63.7 Å². The van der Waals surface area contributed by atoms with E-state index >= 15 is 0 Å². The Morgan fingerprint density at radius 1 is 0.339 bits per heavy atom. The van der Waals surface area contributed by atoms with Crippen molar-refractivity contribution in [3.05, 3.63) is 194 Å². The van der Waals surface area contributed by atoms with E-state index < -0.39 is 0 Å². The molecule has 0 aliphatic carbocycles. The molecule has 9 aromatic carbocycles. The van der Waals surface area contributed by atoms with E-state index in [1.54, 1.807) is 0 Å². The molecule has 56 heavy (non-hydrogen) atoms. The van der Waals surface area contributed by atoms with Gasteiger partial charge in [0.25, 0.3) is 0 Å². The number of nitrogens with zero attached hydrogens (tertiary/aromatic N) is 4. The van der Waals surface area contributed by atoms with Gasteiger partial charge in [0.05, 0.1) is 33.3 Å². The number of rotatable bonds is 4. The zero-order valence-electron chi connectivity index (χ0n) is 30.3. The van der Waals surface area contributed by atoms with Crippen molar-refractivity contribution in [3.8, 4) is 34.0 Å². The van der Waals surface area contributed by atoms with Crippen LogP contribution in [0, 0.1) is 0 Å².